The second-order valence-corrected chi connectivity index (χ2v) is 11.1. The zero-order valence-corrected chi connectivity index (χ0v) is 21.8. The fourth-order valence-electron chi connectivity index (χ4n) is 4.70. The van der Waals surface area contributed by atoms with E-state index in [2.05, 4.69) is 5.32 Å². The number of amides is 2. The summed E-state index contributed by atoms with van der Waals surface area (Å²) in [5.74, 6) is -0.227. The maximum absolute atomic E-state index is 13.8. The molecule has 2 aliphatic heterocycles. The number of hydrogen-bond donors (Lipinski definition) is 1. The highest BCUT2D eigenvalue weighted by Crippen LogP contribution is 2.35. The third-order valence-electron chi connectivity index (χ3n) is 6.71. The number of carbonyl (C=O) groups excluding carboxylic acids is 2. The van der Waals surface area contributed by atoms with E-state index in [9.17, 15) is 18.0 Å². The van der Waals surface area contributed by atoms with E-state index in [1.54, 1.807) is 24.3 Å². The summed E-state index contributed by atoms with van der Waals surface area (Å²) >= 11 is 0. The molecule has 38 heavy (non-hydrogen) atoms. The Morgan fingerprint density at radius 1 is 1.00 bits per heavy atom. The molecule has 0 bridgehead atoms. The van der Waals surface area contributed by atoms with Crippen LogP contribution in [0.1, 0.15) is 28.8 Å². The van der Waals surface area contributed by atoms with E-state index in [-0.39, 0.29) is 28.7 Å². The molecule has 0 spiro atoms. The highest BCUT2D eigenvalue weighted by Gasteiger charge is 2.36. The van der Waals surface area contributed by atoms with Crippen LogP contribution in [0.25, 0.3) is 0 Å². The number of fused-ring (bicyclic) bond motifs is 1. The Morgan fingerprint density at radius 2 is 1.71 bits per heavy atom. The topological polar surface area (TPSA) is 105 Å². The van der Waals surface area contributed by atoms with Gasteiger partial charge < -0.3 is 19.7 Å². The molecule has 1 fully saturated rings. The lowest BCUT2D eigenvalue weighted by molar-refractivity contribution is -0.128. The molecule has 0 unspecified atom stereocenters. The molecule has 1 atom stereocenters. The van der Waals surface area contributed by atoms with Crippen molar-refractivity contribution >= 4 is 27.5 Å². The van der Waals surface area contributed by atoms with Crippen LogP contribution >= 0.6 is 0 Å². The molecule has 0 radical (unpaired) electrons. The first-order valence-corrected chi connectivity index (χ1v) is 13.9. The van der Waals surface area contributed by atoms with Gasteiger partial charge in [0.2, 0.25) is 10.0 Å². The van der Waals surface area contributed by atoms with Gasteiger partial charge >= 0.3 is 0 Å². The van der Waals surface area contributed by atoms with E-state index in [4.69, 9.17) is 9.47 Å². The van der Waals surface area contributed by atoms with E-state index < -0.39 is 22.0 Å². The maximum atomic E-state index is 13.8. The number of benzene rings is 3. The first-order chi connectivity index (χ1) is 18.4. The number of anilines is 1. The van der Waals surface area contributed by atoms with Crippen LogP contribution in [0.3, 0.4) is 0 Å². The zero-order valence-electron chi connectivity index (χ0n) is 21.0. The number of ether oxygens (including phenoxy) is 2. The molecular formula is C28H29N3O6S. The quantitative estimate of drug-likeness (QED) is 0.498. The van der Waals surface area contributed by atoms with Gasteiger partial charge in [0.1, 0.15) is 16.4 Å². The molecular weight excluding hydrogens is 506 g/mol. The van der Waals surface area contributed by atoms with E-state index in [1.165, 1.54) is 34.5 Å². The van der Waals surface area contributed by atoms with E-state index in [0.717, 1.165) is 18.4 Å². The summed E-state index contributed by atoms with van der Waals surface area (Å²) in [7, 11) is -2.44. The van der Waals surface area contributed by atoms with Crippen molar-refractivity contribution in [2.75, 3.05) is 31.6 Å². The number of nitrogens with zero attached hydrogens (tertiary/aromatic N) is 2. The summed E-state index contributed by atoms with van der Waals surface area (Å²) in [6, 6.07) is 20.9. The minimum absolute atomic E-state index is 0.0310. The lowest BCUT2D eigenvalue weighted by Crippen LogP contribution is -2.50. The van der Waals surface area contributed by atoms with Gasteiger partial charge in [0.05, 0.1) is 19.3 Å². The second-order valence-electron chi connectivity index (χ2n) is 9.17. The van der Waals surface area contributed by atoms with Crippen LogP contribution in [0.15, 0.2) is 77.7 Å². The average molecular weight is 536 g/mol. The normalized spacial score (nSPS) is 17.4. The summed E-state index contributed by atoms with van der Waals surface area (Å²) in [6.07, 6.45) is 0.639. The molecule has 0 aliphatic carbocycles. The summed E-state index contributed by atoms with van der Waals surface area (Å²) in [4.78, 5) is 28.2. The van der Waals surface area contributed by atoms with E-state index in [0.29, 0.717) is 31.1 Å². The Balaban J connectivity index is 1.43. The number of rotatable bonds is 7. The number of para-hydroxylation sites is 2. The highest BCUT2D eigenvalue weighted by atomic mass is 32.2. The SMILES string of the molecule is COc1ccc(C(=O)N2C[C@@H](C(=O)NCc3ccccc3)Oc3ccccc32)cc1S(=O)(=O)N1CCCC1. The molecule has 3 aromatic rings. The summed E-state index contributed by atoms with van der Waals surface area (Å²) in [5, 5.41) is 2.87. The van der Waals surface area contributed by atoms with Gasteiger partial charge in [-0.3, -0.25) is 9.59 Å². The van der Waals surface area contributed by atoms with Crippen LogP contribution in [0.2, 0.25) is 0 Å². The van der Waals surface area contributed by atoms with E-state index >= 15 is 0 Å². The second kappa shape index (κ2) is 10.8. The van der Waals surface area contributed by atoms with Crippen LogP contribution in [0.5, 0.6) is 11.5 Å². The minimum Gasteiger partial charge on any atom is -0.495 e. The van der Waals surface area contributed by atoms with Crippen molar-refractivity contribution in [1.29, 1.82) is 0 Å². The first kappa shape index (κ1) is 25.7. The predicted octanol–water partition coefficient (Wildman–Crippen LogP) is 3.20. The molecule has 2 heterocycles. The fourth-order valence-corrected chi connectivity index (χ4v) is 6.40. The molecule has 5 rings (SSSR count). The van der Waals surface area contributed by atoms with Gasteiger partial charge in [-0.2, -0.15) is 4.31 Å². The number of hydrogen-bond acceptors (Lipinski definition) is 6. The molecule has 0 saturated carbocycles. The number of sulfonamides is 1. The van der Waals surface area contributed by atoms with Crippen LogP contribution in [-0.2, 0) is 21.4 Å². The summed E-state index contributed by atoms with van der Waals surface area (Å²) in [5.41, 5.74) is 1.61. The van der Waals surface area contributed by atoms with Gasteiger partial charge in [-0.1, -0.05) is 42.5 Å². The first-order valence-electron chi connectivity index (χ1n) is 12.5. The Labute approximate surface area is 222 Å². The van der Waals surface area contributed by atoms with Crippen molar-refractivity contribution in [2.24, 2.45) is 0 Å². The zero-order chi connectivity index (χ0) is 26.7. The third-order valence-corrected chi connectivity index (χ3v) is 8.63. The van der Waals surface area contributed by atoms with Gasteiger partial charge in [-0.25, -0.2) is 8.42 Å². The van der Waals surface area contributed by atoms with Gasteiger partial charge in [0.15, 0.2) is 6.10 Å². The third kappa shape index (κ3) is 5.09. The van der Waals surface area contributed by atoms with Gasteiger partial charge in [-0.15, -0.1) is 0 Å². The van der Waals surface area contributed by atoms with Crippen molar-refractivity contribution in [2.45, 2.75) is 30.4 Å². The Kier molecular flexibility index (Phi) is 7.35. The molecule has 1 N–H and O–H groups in total. The molecule has 1 saturated heterocycles. The largest absolute Gasteiger partial charge is 0.495 e. The van der Waals surface area contributed by atoms with Gasteiger partial charge in [0.25, 0.3) is 11.8 Å². The molecule has 0 aromatic heterocycles. The van der Waals surface area contributed by atoms with Gasteiger partial charge in [0, 0.05) is 25.2 Å². The maximum Gasteiger partial charge on any atom is 0.263 e. The Bertz CT molecular complexity index is 1440. The van der Waals surface area contributed by atoms with Crippen LogP contribution in [0.4, 0.5) is 5.69 Å². The Morgan fingerprint density at radius 3 is 2.45 bits per heavy atom. The van der Waals surface area contributed by atoms with Crippen LogP contribution in [0, 0.1) is 0 Å². The fraction of sp³-hybridized carbons (Fsp3) is 0.286. The number of methoxy groups -OCH3 is 1. The molecule has 3 aromatic carbocycles. The predicted molar refractivity (Wildman–Crippen MR) is 142 cm³/mol. The van der Waals surface area contributed by atoms with Crippen molar-refractivity contribution < 1.29 is 27.5 Å². The van der Waals surface area contributed by atoms with E-state index in [1.807, 2.05) is 30.3 Å². The smallest absolute Gasteiger partial charge is 0.263 e. The lowest BCUT2D eigenvalue weighted by atomic mass is 10.1. The molecule has 198 valence electrons. The molecule has 10 heteroatoms. The molecule has 2 amide bonds. The highest BCUT2D eigenvalue weighted by molar-refractivity contribution is 7.89. The molecule has 9 nitrogen and oxygen atoms in total. The van der Waals surface area contributed by atoms with Gasteiger partial charge in [-0.05, 0) is 48.7 Å². The monoisotopic (exact) mass is 535 g/mol. The lowest BCUT2D eigenvalue weighted by Gasteiger charge is -2.34. The van der Waals surface area contributed by atoms with Crippen molar-refractivity contribution in [3.8, 4) is 11.5 Å². The van der Waals surface area contributed by atoms with Crippen molar-refractivity contribution in [1.82, 2.24) is 9.62 Å². The minimum atomic E-state index is -3.84. The van der Waals surface area contributed by atoms with Crippen molar-refractivity contribution in [3.63, 3.8) is 0 Å². The average Bonchev–Trinajstić information content (AvgIpc) is 3.51. The molecule has 2 aliphatic rings. The number of carbonyl (C=O) groups is 2. The summed E-state index contributed by atoms with van der Waals surface area (Å²) in [6.45, 7) is 1.16. The van der Waals surface area contributed by atoms with Crippen LogP contribution in [-0.4, -0.2) is 57.4 Å². The van der Waals surface area contributed by atoms with Crippen LogP contribution < -0.4 is 19.7 Å². The summed E-state index contributed by atoms with van der Waals surface area (Å²) < 4.78 is 39.4. The number of nitrogens with one attached hydrogen (secondary N) is 1. The van der Waals surface area contributed by atoms with Crippen molar-refractivity contribution in [3.05, 3.63) is 83.9 Å². The Hall–Kier alpha value is -3.89. The standard InChI is InChI=1S/C28H29N3O6S/c1-36-24-14-13-21(17-26(24)38(34,35)30-15-7-8-16-30)28(33)31-19-25(37-23-12-6-5-11-22(23)31)27(32)29-18-20-9-3-2-4-10-20/h2-6,9-14,17,25H,7-8,15-16,18-19H2,1H3,(H,29,32)/t25-/m0/s1.